The lowest BCUT2D eigenvalue weighted by atomic mass is 10.0. The minimum atomic E-state index is -0.866. The number of fused-ring (bicyclic) bond motifs is 1. The maximum absolute atomic E-state index is 13.1. The molecule has 1 N–H and O–H groups in total. The highest BCUT2D eigenvalue weighted by atomic mass is 19.2. The third kappa shape index (κ3) is 1.28. The maximum atomic E-state index is 13.1. The fraction of sp³-hybridized carbons (Fsp3) is 0.222. The first-order chi connectivity index (χ1) is 6.18. The van der Waals surface area contributed by atoms with E-state index >= 15 is 0 Å². The van der Waals surface area contributed by atoms with Crippen LogP contribution in [0.3, 0.4) is 0 Å². The molecule has 68 valence electrons. The molecule has 1 aliphatic rings. The Hall–Kier alpha value is -1.45. The average molecular weight is 183 g/mol. The highest BCUT2D eigenvalue weighted by Crippen LogP contribution is 2.26. The van der Waals surface area contributed by atoms with Gasteiger partial charge in [-0.1, -0.05) is 0 Å². The summed E-state index contributed by atoms with van der Waals surface area (Å²) in [5, 5.41) is 2.48. The molecule has 1 aliphatic heterocycles. The van der Waals surface area contributed by atoms with E-state index in [2.05, 4.69) is 5.32 Å². The smallest absolute Gasteiger partial charge is 0.224 e. The molecule has 1 aromatic carbocycles. The summed E-state index contributed by atoms with van der Waals surface area (Å²) in [7, 11) is 0. The molecular formula is C9H7F2NO. The van der Waals surface area contributed by atoms with Crippen molar-refractivity contribution in [2.45, 2.75) is 12.8 Å². The van der Waals surface area contributed by atoms with Gasteiger partial charge in [0.1, 0.15) is 0 Å². The molecule has 4 heteroatoms. The number of hydrogen-bond acceptors (Lipinski definition) is 1. The number of hydrogen-bond donors (Lipinski definition) is 1. The van der Waals surface area contributed by atoms with Crippen LogP contribution in [0.25, 0.3) is 0 Å². The monoisotopic (exact) mass is 183 g/mol. The number of carbonyl (C=O) groups excluding carboxylic acids is 1. The van der Waals surface area contributed by atoms with Crippen molar-refractivity contribution < 1.29 is 13.6 Å². The summed E-state index contributed by atoms with van der Waals surface area (Å²) in [6.45, 7) is 0. The molecule has 0 saturated heterocycles. The zero-order valence-electron chi connectivity index (χ0n) is 6.73. The van der Waals surface area contributed by atoms with Gasteiger partial charge in [0.05, 0.1) is 0 Å². The lowest BCUT2D eigenvalue weighted by Gasteiger charge is -2.16. The van der Waals surface area contributed by atoms with Gasteiger partial charge in [-0.25, -0.2) is 8.78 Å². The van der Waals surface area contributed by atoms with Crippen molar-refractivity contribution in [2.75, 3.05) is 5.32 Å². The van der Waals surface area contributed by atoms with Crippen LogP contribution in [0, 0.1) is 11.6 Å². The molecule has 0 fully saturated rings. The van der Waals surface area contributed by atoms with Crippen molar-refractivity contribution >= 4 is 11.6 Å². The van der Waals surface area contributed by atoms with Crippen LogP contribution in [0.15, 0.2) is 12.1 Å². The highest BCUT2D eigenvalue weighted by Gasteiger charge is 2.19. The van der Waals surface area contributed by atoms with Gasteiger partial charge in [-0.05, 0) is 18.6 Å². The van der Waals surface area contributed by atoms with E-state index in [0.29, 0.717) is 5.69 Å². The lowest BCUT2D eigenvalue weighted by molar-refractivity contribution is -0.116. The first-order valence-electron chi connectivity index (χ1n) is 3.95. The molecule has 1 heterocycles. The molecule has 0 spiro atoms. The number of amides is 1. The van der Waals surface area contributed by atoms with Crippen LogP contribution >= 0.6 is 0 Å². The molecule has 0 unspecified atom stereocenters. The molecular weight excluding hydrogens is 176 g/mol. The molecule has 0 bridgehead atoms. The zero-order valence-corrected chi connectivity index (χ0v) is 6.73. The van der Waals surface area contributed by atoms with Gasteiger partial charge >= 0.3 is 0 Å². The van der Waals surface area contributed by atoms with Crippen LogP contribution in [0.5, 0.6) is 0 Å². The molecule has 0 aromatic heterocycles. The van der Waals surface area contributed by atoms with E-state index in [9.17, 15) is 13.6 Å². The Morgan fingerprint density at radius 1 is 1.23 bits per heavy atom. The number of nitrogens with one attached hydrogen (secondary N) is 1. The Labute approximate surface area is 73.6 Å². The third-order valence-corrected chi connectivity index (χ3v) is 2.07. The fourth-order valence-electron chi connectivity index (χ4n) is 1.41. The lowest BCUT2D eigenvalue weighted by Crippen LogP contribution is -2.20. The van der Waals surface area contributed by atoms with Crippen LogP contribution in [-0.4, -0.2) is 5.91 Å². The van der Waals surface area contributed by atoms with Gasteiger partial charge in [0, 0.05) is 17.7 Å². The maximum Gasteiger partial charge on any atom is 0.224 e. The Bertz CT molecular complexity index is 376. The number of benzene rings is 1. The molecule has 0 saturated carbocycles. The summed E-state index contributed by atoms with van der Waals surface area (Å²) in [5.74, 6) is -1.87. The van der Waals surface area contributed by atoms with Crippen LogP contribution < -0.4 is 5.32 Å². The van der Waals surface area contributed by atoms with E-state index in [1.54, 1.807) is 0 Å². The van der Waals surface area contributed by atoms with Gasteiger partial charge in [-0.2, -0.15) is 0 Å². The summed E-state index contributed by atoms with van der Waals surface area (Å²) in [5.41, 5.74) is 0.648. The predicted octanol–water partition coefficient (Wildman–Crippen LogP) is 1.85. The van der Waals surface area contributed by atoms with Gasteiger partial charge in [-0.15, -0.1) is 0 Å². The summed E-state index contributed by atoms with van der Waals surface area (Å²) in [4.78, 5) is 10.9. The van der Waals surface area contributed by atoms with Crippen LogP contribution in [-0.2, 0) is 11.2 Å². The molecule has 1 aromatic rings. The van der Waals surface area contributed by atoms with Crippen LogP contribution in [0.2, 0.25) is 0 Å². The van der Waals surface area contributed by atoms with Crippen molar-refractivity contribution in [3.8, 4) is 0 Å². The van der Waals surface area contributed by atoms with Gasteiger partial charge in [0.25, 0.3) is 0 Å². The Kier molecular flexibility index (Phi) is 1.76. The summed E-state index contributed by atoms with van der Waals surface area (Å²) >= 11 is 0. The largest absolute Gasteiger partial charge is 0.326 e. The van der Waals surface area contributed by atoms with Gasteiger partial charge in [0.2, 0.25) is 5.91 Å². The van der Waals surface area contributed by atoms with Gasteiger partial charge in [0.15, 0.2) is 11.6 Å². The second-order valence-electron chi connectivity index (χ2n) is 2.94. The summed E-state index contributed by atoms with van der Waals surface area (Å²) in [6, 6.07) is 2.39. The van der Waals surface area contributed by atoms with Crippen molar-refractivity contribution in [1.29, 1.82) is 0 Å². The topological polar surface area (TPSA) is 29.1 Å². The summed E-state index contributed by atoms with van der Waals surface area (Å²) < 4.78 is 25.8. The highest BCUT2D eigenvalue weighted by molar-refractivity contribution is 5.93. The summed E-state index contributed by atoms with van der Waals surface area (Å²) in [6.07, 6.45) is 0.484. The van der Waals surface area contributed by atoms with Gasteiger partial charge in [-0.3, -0.25) is 4.79 Å². The standard InChI is InChI=1S/C9H7F2NO/c10-6-2-3-7-5(9(6)11)1-4-8(13)12-7/h2-3H,1,4H2,(H,12,13). The Morgan fingerprint density at radius 2 is 2.00 bits per heavy atom. The van der Waals surface area contributed by atoms with E-state index in [0.717, 1.165) is 6.07 Å². The molecule has 0 aliphatic carbocycles. The number of anilines is 1. The molecule has 1 amide bonds. The van der Waals surface area contributed by atoms with E-state index in [-0.39, 0.29) is 24.3 Å². The van der Waals surface area contributed by atoms with Crippen molar-refractivity contribution in [3.05, 3.63) is 29.3 Å². The quantitative estimate of drug-likeness (QED) is 0.653. The van der Waals surface area contributed by atoms with E-state index in [1.807, 2.05) is 0 Å². The van der Waals surface area contributed by atoms with E-state index in [4.69, 9.17) is 0 Å². The third-order valence-electron chi connectivity index (χ3n) is 2.07. The normalized spacial score (nSPS) is 15.1. The van der Waals surface area contributed by atoms with Gasteiger partial charge < -0.3 is 5.32 Å². The van der Waals surface area contributed by atoms with Crippen molar-refractivity contribution in [1.82, 2.24) is 0 Å². The second kappa shape index (κ2) is 2.80. The molecule has 13 heavy (non-hydrogen) atoms. The Morgan fingerprint density at radius 3 is 2.77 bits per heavy atom. The van der Waals surface area contributed by atoms with E-state index < -0.39 is 11.6 Å². The number of rotatable bonds is 0. The predicted molar refractivity (Wildman–Crippen MR) is 43.3 cm³/mol. The van der Waals surface area contributed by atoms with Crippen LogP contribution in [0.1, 0.15) is 12.0 Å². The fourth-order valence-corrected chi connectivity index (χ4v) is 1.41. The average Bonchev–Trinajstić information content (AvgIpc) is 2.12. The minimum absolute atomic E-state index is 0.154. The van der Waals surface area contributed by atoms with Crippen molar-refractivity contribution in [2.24, 2.45) is 0 Å². The van der Waals surface area contributed by atoms with Crippen LogP contribution in [0.4, 0.5) is 14.5 Å². The SMILES string of the molecule is O=C1CCc2c(ccc(F)c2F)N1. The zero-order chi connectivity index (χ0) is 9.42. The first kappa shape index (κ1) is 8.16. The minimum Gasteiger partial charge on any atom is -0.326 e. The Balaban J connectivity index is 2.53. The molecule has 2 nitrogen and oxygen atoms in total. The molecule has 0 radical (unpaired) electrons. The second-order valence-corrected chi connectivity index (χ2v) is 2.94. The van der Waals surface area contributed by atoms with Crippen molar-refractivity contribution in [3.63, 3.8) is 0 Å². The number of halogens is 2. The molecule has 0 atom stereocenters. The number of carbonyl (C=O) groups is 1. The molecule has 2 rings (SSSR count). The van der Waals surface area contributed by atoms with E-state index in [1.165, 1.54) is 6.07 Å². The first-order valence-corrected chi connectivity index (χ1v) is 3.95.